The molecule has 1 unspecified atom stereocenters. The van der Waals surface area contributed by atoms with Crippen LogP contribution in [0.1, 0.15) is 11.1 Å². The van der Waals surface area contributed by atoms with E-state index in [1.54, 1.807) is 24.3 Å². The molecule has 2 rings (SSSR count). The van der Waals surface area contributed by atoms with E-state index in [9.17, 15) is 9.59 Å². The minimum absolute atomic E-state index is 0.201. The van der Waals surface area contributed by atoms with Gasteiger partial charge in [0.1, 0.15) is 12.3 Å². The molecular weight excluding hydrogens is 354 g/mol. The van der Waals surface area contributed by atoms with E-state index >= 15 is 0 Å². The maximum Gasteiger partial charge on any atom is 0.293 e. The molecule has 0 radical (unpaired) electrons. The van der Waals surface area contributed by atoms with Gasteiger partial charge < -0.3 is 9.64 Å². The molecule has 0 aliphatic carbocycles. The molecule has 2 amide bonds. The second kappa shape index (κ2) is 9.79. The first-order valence-corrected chi connectivity index (χ1v) is 8.63. The molecule has 0 saturated carbocycles. The van der Waals surface area contributed by atoms with Gasteiger partial charge in [-0.05, 0) is 36.8 Å². The van der Waals surface area contributed by atoms with Gasteiger partial charge in [-0.1, -0.05) is 35.9 Å². The predicted molar refractivity (Wildman–Crippen MR) is 99.9 cm³/mol. The van der Waals surface area contributed by atoms with Crippen molar-refractivity contribution in [3.8, 4) is 5.75 Å². The summed E-state index contributed by atoms with van der Waals surface area (Å²) in [5, 5.41) is 0.589. The minimum Gasteiger partial charge on any atom is -0.484 e. The number of amides is 2. The molecule has 0 aliphatic heterocycles. The van der Waals surface area contributed by atoms with Crippen molar-refractivity contribution in [1.29, 1.82) is 0 Å². The van der Waals surface area contributed by atoms with Gasteiger partial charge in [-0.2, -0.15) is 0 Å². The zero-order valence-electron chi connectivity index (χ0n) is 14.8. The van der Waals surface area contributed by atoms with Gasteiger partial charge in [0, 0.05) is 10.6 Å². The lowest BCUT2D eigenvalue weighted by Crippen LogP contribution is -3.09. The molecule has 26 heavy (non-hydrogen) atoms. The van der Waals surface area contributed by atoms with E-state index in [0.29, 0.717) is 10.8 Å². The van der Waals surface area contributed by atoms with Crippen molar-refractivity contribution in [1.82, 2.24) is 10.9 Å². The Kier molecular flexibility index (Phi) is 7.44. The summed E-state index contributed by atoms with van der Waals surface area (Å²) in [6.45, 7) is 2.82. The van der Waals surface area contributed by atoms with Crippen molar-refractivity contribution < 1.29 is 19.2 Å². The maximum absolute atomic E-state index is 11.9. The number of carbonyl (C=O) groups is 2. The molecule has 2 aromatic rings. The molecule has 0 heterocycles. The third-order valence-corrected chi connectivity index (χ3v) is 3.99. The standard InChI is InChI=1S/C19H22ClN3O3/c1-14-5-3-4-6-15(14)11-23(2)12-18(24)21-22-19(25)13-26-17-9-7-16(20)8-10-17/h3-10H,11-13H2,1-2H3,(H,21,24)(H,22,25)/p+1. The van der Waals surface area contributed by atoms with Crippen LogP contribution < -0.4 is 20.5 Å². The molecule has 0 fully saturated rings. The zero-order valence-corrected chi connectivity index (χ0v) is 15.6. The second-order valence-electron chi connectivity index (χ2n) is 6.08. The molecule has 138 valence electrons. The van der Waals surface area contributed by atoms with Crippen LogP contribution in [0.25, 0.3) is 0 Å². The molecule has 0 spiro atoms. The van der Waals surface area contributed by atoms with Gasteiger partial charge in [-0.3, -0.25) is 20.4 Å². The number of ether oxygens (including phenoxy) is 1. The predicted octanol–water partition coefficient (Wildman–Crippen LogP) is 0.890. The summed E-state index contributed by atoms with van der Waals surface area (Å²) in [6, 6.07) is 14.7. The third kappa shape index (κ3) is 6.74. The highest BCUT2D eigenvalue weighted by atomic mass is 35.5. The van der Waals surface area contributed by atoms with Crippen molar-refractivity contribution in [2.75, 3.05) is 20.2 Å². The molecule has 0 saturated heterocycles. The Morgan fingerprint density at radius 2 is 1.69 bits per heavy atom. The van der Waals surface area contributed by atoms with Crippen LogP contribution in [0.5, 0.6) is 5.75 Å². The SMILES string of the molecule is Cc1ccccc1C[NH+](C)CC(=O)NNC(=O)COc1ccc(Cl)cc1. The first-order valence-electron chi connectivity index (χ1n) is 8.26. The Hall–Kier alpha value is -2.57. The summed E-state index contributed by atoms with van der Waals surface area (Å²) >= 11 is 5.78. The summed E-state index contributed by atoms with van der Waals surface area (Å²) in [4.78, 5) is 24.7. The number of benzene rings is 2. The van der Waals surface area contributed by atoms with E-state index in [2.05, 4.69) is 10.9 Å². The molecule has 0 bridgehead atoms. The van der Waals surface area contributed by atoms with E-state index in [1.807, 2.05) is 38.2 Å². The second-order valence-corrected chi connectivity index (χ2v) is 6.51. The van der Waals surface area contributed by atoms with Crippen molar-refractivity contribution in [2.24, 2.45) is 0 Å². The number of halogens is 1. The van der Waals surface area contributed by atoms with E-state index in [4.69, 9.17) is 16.3 Å². The number of quaternary nitrogens is 1. The van der Waals surface area contributed by atoms with E-state index in [-0.39, 0.29) is 19.1 Å². The molecule has 2 aromatic carbocycles. The fourth-order valence-electron chi connectivity index (χ4n) is 2.37. The van der Waals surface area contributed by atoms with Crippen molar-refractivity contribution in [3.63, 3.8) is 0 Å². The average molecular weight is 377 g/mol. The smallest absolute Gasteiger partial charge is 0.293 e. The molecule has 7 heteroatoms. The quantitative estimate of drug-likeness (QED) is 0.628. The van der Waals surface area contributed by atoms with Gasteiger partial charge >= 0.3 is 0 Å². The van der Waals surface area contributed by atoms with Crippen LogP contribution in [0, 0.1) is 6.92 Å². The van der Waals surface area contributed by atoms with Gasteiger partial charge in [-0.25, -0.2) is 0 Å². The van der Waals surface area contributed by atoms with E-state index in [1.165, 1.54) is 11.1 Å². The monoisotopic (exact) mass is 376 g/mol. The van der Waals surface area contributed by atoms with Gasteiger partial charge in [0.25, 0.3) is 11.8 Å². The van der Waals surface area contributed by atoms with E-state index < -0.39 is 5.91 Å². The van der Waals surface area contributed by atoms with Gasteiger partial charge in [0.15, 0.2) is 13.2 Å². The highest BCUT2D eigenvalue weighted by molar-refractivity contribution is 6.30. The number of carbonyl (C=O) groups excluding carboxylic acids is 2. The van der Waals surface area contributed by atoms with E-state index in [0.717, 1.165) is 11.4 Å². The number of hydrogen-bond donors (Lipinski definition) is 3. The Morgan fingerprint density at radius 3 is 2.38 bits per heavy atom. The van der Waals surface area contributed by atoms with Crippen LogP contribution in [0.15, 0.2) is 48.5 Å². The Morgan fingerprint density at radius 1 is 1.04 bits per heavy atom. The zero-order chi connectivity index (χ0) is 18.9. The molecule has 6 nitrogen and oxygen atoms in total. The summed E-state index contributed by atoms with van der Waals surface area (Å²) in [5.74, 6) is -0.181. The topological polar surface area (TPSA) is 71.9 Å². The number of likely N-dealkylation sites (N-methyl/N-ethyl adjacent to an activating group) is 1. The lowest BCUT2D eigenvalue weighted by Gasteiger charge is -2.15. The molecule has 0 aliphatic rings. The average Bonchev–Trinajstić information content (AvgIpc) is 2.61. The van der Waals surface area contributed by atoms with Crippen molar-refractivity contribution >= 4 is 23.4 Å². The first kappa shape index (κ1) is 19.8. The Bertz CT molecular complexity index is 750. The number of hydrazine groups is 1. The fourth-order valence-corrected chi connectivity index (χ4v) is 2.50. The maximum atomic E-state index is 11.9. The molecule has 1 atom stereocenters. The molecular formula is C19H23ClN3O3+. The lowest BCUT2D eigenvalue weighted by molar-refractivity contribution is -0.885. The number of aryl methyl sites for hydroxylation is 1. The lowest BCUT2D eigenvalue weighted by atomic mass is 10.1. The highest BCUT2D eigenvalue weighted by Crippen LogP contribution is 2.15. The summed E-state index contributed by atoms with van der Waals surface area (Å²) in [5.41, 5.74) is 7.13. The summed E-state index contributed by atoms with van der Waals surface area (Å²) < 4.78 is 5.30. The van der Waals surface area contributed by atoms with Crippen LogP contribution >= 0.6 is 11.6 Å². The molecule has 0 aromatic heterocycles. The molecule has 3 N–H and O–H groups in total. The Labute approximate surface area is 158 Å². The van der Waals surface area contributed by atoms with Crippen LogP contribution in [-0.2, 0) is 16.1 Å². The third-order valence-electron chi connectivity index (χ3n) is 3.74. The minimum atomic E-state index is -0.440. The van der Waals surface area contributed by atoms with Crippen molar-refractivity contribution in [3.05, 3.63) is 64.7 Å². The summed E-state index contributed by atoms with van der Waals surface area (Å²) in [6.07, 6.45) is 0. The number of hydrogen-bond acceptors (Lipinski definition) is 3. The highest BCUT2D eigenvalue weighted by Gasteiger charge is 2.12. The fraction of sp³-hybridized carbons (Fsp3) is 0.263. The van der Waals surface area contributed by atoms with Gasteiger partial charge in [0.05, 0.1) is 7.05 Å². The number of rotatable bonds is 7. The van der Waals surface area contributed by atoms with Gasteiger partial charge in [0.2, 0.25) is 0 Å². The van der Waals surface area contributed by atoms with Crippen LogP contribution in [-0.4, -0.2) is 32.0 Å². The first-order chi connectivity index (χ1) is 12.4. The van der Waals surface area contributed by atoms with Gasteiger partial charge in [-0.15, -0.1) is 0 Å². The summed E-state index contributed by atoms with van der Waals surface area (Å²) in [7, 11) is 1.93. The normalized spacial score (nSPS) is 11.5. The Balaban J connectivity index is 1.68. The number of nitrogens with one attached hydrogen (secondary N) is 3. The van der Waals surface area contributed by atoms with Crippen LogP contribution in [0.3, 0.4) is 0 Å². The largest absolute Gasteiger partial charge is 0.484 e. The van der Waals surface area contributed by atoms with Crippen LogP contribution in [0.2, 0.25) is 5.02 Å². The van der Waals surface area contributed by atoms with Crippen molar-refractivity contribution in [2.45, 2.75) is 13.5 Å². The van der Waals surface area contributed by atoms with Crippen LogP contribution in [0.4, 0.5) is 0 Å².